The minimum Gasteiger partial charge on any atom is -0.348 e. The molecule has 0 radical (unpaired) electrons. The van der Waals surface area contributed by atoms with Crippen LogP contribution in [0.25, 0.3) is 0 Å². The summed E-state index contributed by atoms with van der Waals surface area (Å²) in [6, 6.07) is 12.1. The molecular weight excluding hydrogens is 365 g/mol. The SMILES string of the molecule is CC(NC(=O)CN(C)Cc1cccc(C(F)(F)F)c1)c1ccccc1Cl. The van der Waals surface area contributed by atoms with Gasteiger partial charge in [-0.25, -0.2) is 0 Å². The number of hydrogen-bond acceptors (Lipinski definition) is 2. The van der Waals surface area contributed by atoms with E-state index in [0.717, 1.165) is 17.7 Å². The van der Waals surface area contributed by atoms with E-state index in [9.17, 15) is 18.0 Å². The molecule has 2 aromatic rings. The topological polar surface area (TPSA) is 32.3 Å². The predicted octanol–water partition coefficient (Wildman–Crippen LogP) is 4.67. The Bertz CT molecular complexity index is 764. The summed E-state index contributed by atoms with van der Waals surface area (Å²) in [5, 5.41) is 3.41. The van der Waals surface area contributed by atoms with Gasteiger partial charge in [-0.05, 0) is 37.2 Å². The molecule has 2 aromatic carbocycles. The van der Waals surface area contributed by atoms with Crippen LogP contribution in [0.3, 0.4) is 0 Å². The molecule has 1 amide bonds. The van der Waals surface area contributed by atoms with Crippen molar-refractivity contribution < 1.29 is 18.0 Å². The van der Waals surface area contributed by atoms with Crippen molar-refractivity contribution >= 4 is 17.5 Å². The lowest BCUT2D eigenvalue weighted by atomic mass is 10.1. The van der Waals surface area contributed by atoms with Crippen molar-refractivity contribution in [2.75, 3.05) is 13.6 Å². The maximum absolute atomic E-state index is 12.8. The summed E-state index contributed by atoms with van der Waals surface area (Å²) in [5.41, 5.74) is 0.609. The average molecular weight is 385 g/mol. The molecule has 0 fully saturated rings. The van der Waals surface area contributed by atoms with Gasteiger partial charge in [0.25, 0.3) is 0 Å². The van der Waals surface area contributed by atoms with Crippen LogP contribution < -0.4 is 5.32 Å². The molecule has 0 aliphatic heterocycles. The number of alkyl halides is 3. The Kier molecular flexibility index (Phi) is 6.67. The zero-order valence-corrected chi connectivity index (χ0v) is 15.2. The van der Waals surface area contributed by atoms with E-state index in [0.29, 0.717) is 10.6 Å². The number of likely N-dealkylation sites (N-methyl/N-ethyl adjacent to an activating group) is 1. The molecule has 7 heteroatoms. The molecule has 1 N–H and O–H groups in total. The van der Waals surface area contributed by atoms with E-state index in [4.69, 9.17) is 11.6 Å². The summed E-state index contributed by atoms with van der Waals surface area (Å²) in [6.45, 7) is 2.12. The van der Waals surface area contributed by atoms with Crippen LogP contribution in [0.4, 0.5) is 13.2 Å². The summed E-state index contributed by atoms with van der Waals surface area (Å²) in [5.74, 6) is -0.230. The molecule has 0 heterocycles. The molecule has 0 aliphatic rings. The third-order valence-corrected chi connectivity index (χ3v) is 4.21. The maximum atomic E-state index is 12.8. The molecule has 0 saturated carbocycles. The minimum absolute atomic E-state index is 0.0606. The number of halogens is 4. The van der Waals surface area contributed by atoms with Crippen LogP contribution in [0.2, 0.25) is 5.02 Å². The van der Waals surface area contributed by atoms with E-state index in [1.807, 2.05) is 25.1 Å². The number of hydrogen-bond donors (Lipinski definition) is 1. The van der Waals surface area contributed by atoms with Crippen LogP contribution in [-0.2, 0) is 17.5 Å². The second-order valence-electron chi connectivity index (χ2n) is 6.18. The van der Waals surface area contributed by atoms with Crippen LogP contribution in [-0.4, -0.2) is 24.4 Å². The van der Waals surface area contributed by atoms with Crippen LogP contribution in [0.1, 0.15) is 29.7 Å². The summed E-state index contributed by atoms with van der Waals surface area (Å²) in [4.78, 5) is 13.8. The minimum atomic E-state index is -4.38. The molecule has 26 heavy (non-hydrogen) atoms. The fourth-order valence-electron chi connectivity index (χ4n) is 2.65. The van der Waals surface area contributed by atoms with Crippen LogP contribution in [0, 0.1) is 0 Å². The monoisotopic (exact) mass is 384 g/mol. The van der Waals surface area contributed by atoms with Gasteiger partial charge in [0.1, 0.15) is 0 Å². The third kappa shape index (κ3) is 5.75. The Labute approximate surface area is 155 Å². The van der Waals surface area contributed by atoms with Crippen molar-refractivity contribution in [3.05, 3.63) is 70.2 Å². The molecule has 0 bridgehead atoms. The van der Waals surface area contributed by atoms with Crippen molar-refractivity contribution in [1.82, 2.24) is 10.2 Å². The molecule has 1 unspecified atom stereocenters. The first-order valence-electron chi connectivity index (χ1n) is 8.05. The van der Waals surface area contributed by atoms with Gasteiger partial charge in [0.05, 0.1) is 18.2 Å². The highest BCUT2D eigenvalue weighted by molar-refractivity contribution is 6.31. The van der Waals surface area contributed by atoms with Crippen molar-refractivity contribution in [3.63, 3.8) is 0 Å². The maximum Gasteiger partial charge on any atom is 0.416 e. The number of rotatable bonds is 6. The van der Waals surface area contributed by atoms with E-state index in [1.165, 1.54) is 6.07 Å². The largest absolute Gasteiger partial charge is 0.416 e. The van der Waals surface area contributed by atoms with Crippen molar-refractivity contribution in [2.24, 2.45) is 0 Å². The fraction of sp³-hybridized carbons (Fsp3) is 0.316. The number of nitrogens with zero attached hydrogens (tertiary/aromatic N) is 1. The zero-order valence-electron chi connectivity index (χ0n) is 14.5. The molecule has 2 rings (SSSR count). The predicted molar refractivity (Wildman–Crippen MR) is 95.8 cm³/mol. The highest BCUT2D eigenvalue weighted by atomic mass is 35.5. The highest BCUT2D eigenvalue weighted by Crippen LogP contribution is 2.29. The van der Waals surface area contributed by atoms with Crippen molar-refractivity contribution in [3.8, 4) is 0 Å². The Morgan fingerprint density at radius 3 is 2.54 bits per heavy atom. The van der Waals surface area contributed by atoms with E-state index in [1.54, 1.807) is 24.1 Å². The smallest absolute Gasteiger partial charge is 0.348 e. The summed E-state index contributed by atoms with van der Waals surface area (Å²) in [7, 11) is 1.68. The van der Waals surface area contributed by atoms with Crippen LogP contribution >= 0.6 is 11.6 Å². The molecule has 0 saturated heterocycles. The van der Waals surface area contributed by atoms with Gasteiger partial charge in [-0.15, -0.1) is 0 Å². The number of carbonyl (C=O) groups is 1. The van der Waals surface area contributed by atoms with Crippen molar-refractivity contribution in [1.29, 1.82) is 0 Å². The van der Waals surface area contributed by atoms with E-state index in [2.05, 4.69) is 5.32 Å². The van der Waals surface area contributed by atoms with E-state index in [-0.39, 0.29) is 25.0 Å². The van der Waals surface area contributed by atoms with E-state index < -0.39 is 11.7 Å². The molecule has 3 nitrogen and oxygen atoms in total. The molecule has 1 atom stereocenters. The van der Waals surface area contributed by atoms with Gasteiger partial charge in [-0.3, -0.25) is 9.69 Å². The molecule has 0 aromatic heterocycles. The first-order valence-corrected chi connectivity index (χ1v) is 8.43. The lowest BCUT2D eigenvalue weighted by Crippen LogP contribution is -2.36. The number of benzene rings is 2. The second kappa shape index (κ2) is 8.56. The highest BCUT2D eigenvalue weighted by Gasteiger charge is 2.30. The van der Waals surface area contributed by atoms with Gasteiger partial charge in [0.2, 0.25) is 5.91 Å². The Morgan fingerprint density at radius 2 is 1.88 bits per heavy atom. The molecule has 0 spiro atoms. The van der Waals surface area contributed by atoms with Gasteiger partial charge in [-0.1, -0.05) is 48.0 Å². The quantitative estimate of drug-likeness (QED) is 0.785. The first-order chi connectivity index (χ1) is 12.2. The second-order valence-corrected chi connectivity index (χ2v) is 6.59. The van der Waals surface area contributed by atoms with Crippen LogP contribution in [0.15, 0.2) is 48.5 Å². The third-order valence-electron chi connectivity index (χ3n) is 3.87. The number of carbonyl (C=O) groups excluding carboxylic acids is 1. The van der Waals surface area contributed by atoms with Gasteiger partial charge in [-0.2, -0.15) is 13.2 Å². The van der Waals surface area contributed by atoms with Crippen molar-refractivity contribution in [2.45, 2.75) is 25.7 Å². The van der Waals surface area contributed by atoms with Gasteiger partial charge in [0, 0.05) is 11.6 Å². The Morgan fingerprint density at radius 1 is 1.19 bits per heavy atom. The standard InChI is InChI=1S/C19H20ClF3N2O/c1-13(16-8-3-4-9-17(16)20)24-18(26)12-25(2)11-14-6-5-7-15(10-14)19(21,22)23/h3-10,13H,11-12H2,1-2H3,(H,24,26). The number of amides is 1. The lowest BCUT2D eigenvalue weighted by Gasteiger charge is -2.20. The zero-order chi connectivity index (χ0) is 19.3. The van der Waals surface area contributed by atoms with Crippen LogP contribution in [0.5, 0.6) is 0 Å². The summed E-state index contributed by atoms with van der Waals surface area (Å²) < 4.78 is 38.3. The van der Waals surface area contributed by atoms with E-state index >= 15 is 0 Å². The fourth-order valence-corrected chi connectivity index (χ4v) is 2.95. The lowest BCUT2D eigenvalue weighted by molar-refractivity contribution is -0.137. The first kappa shape index (κ1) is 20.3. The van der Waals surface area contributed by atoms with Gasteiger partial charge >= 0.3 is 6.18 Å². The summed E-state index contributed by atoms with van der Waals surface area (Å²) >= 11 is 6.11. The Balaban J connectivity index is 1.92. The number of nitrogens with one attached hydrogen (secondary N) is 1. The molecule has 0 aliphatic carbocycles. The Hall–Kier alpha value is -2.05. The molecular formula is C19H20ClF3N2O. The van der Waals surface area contributed by atoms with Gasteiger partial charge in [0.15, 0.2) is 0 Å². The molecule has 140 valence electrons. The summed E-state index contributed by atoms with van der Waals surface area (Å²) in [6.07, 6.45) is -4.38. The normalized spacial score (nSPS) is 12.9. The average Bonchev–Trinajstić information content (AvgIpc) is 2.54. The van der Waals surface area contributed by atoms with Gasteiger partial charge < -0.3 is 5.32 Å².